The summed E-state index contributed by atoms with van der Waals surface area (Å²) in [6.45, 7) is 11.5. The van der Waals surface area contributed by atoms with Crippen molar-refractivity contribution in [3.8, 4) is 0 Å². The van der Waals surface area contributed by atoms with Crippen LogP contribution in [0.15, 0.2) is 16.0 Å². The number of halogens is 1. The molecule has 2 heterocycles. The predicted molar refractivity (Wildman–Crippen MR) is 133 cm³/mol. The van der Waals surface area contributed by atoms with Crippen LogP contribution in [0.25, 0.3) is 0 Å². The van der Waals surface area contributed by atoms with Crippen LogP contribution < -0.4 is 5.69 Å². The molecule has 3 atom stereocenters. The molecule has 2 rings (SSSR count). The van der Waals surface area contributed by atoms with Crippen LogP contribution >= 0.6 is 34.6 Å². The van der Waals surface area contributed by atoms with Crippen molar-refractivity contribution < 1.29 is 13.3 Å². The topological polar surface area (TPSA) is 78.2 Å². The van der Waals surface area contributed by atoms with Crippen LogP contribution in [-0.4, -0.2) is 68.3 Å². The monoisotopic (exact) mass is 568 g/mol. The van der Waals surface area contributed by atoms with E-state index in [1.807, 2.05) is 20.4 Å². The first-order valence-electron chi connectivity index (χ1n) is 9.84. The molecular formula is C19H33IN4O4SSi. The molecule has 1 aliphatic rings. The van der Waals surface area contributed by atoms with E-state index in [2.05, 4.69) is 66.4 Å². The molecule has 170 valence electrons. The molecule has 1 fully saturated rings. The van der Waals surface area contributed by atoms with Crippen molar-refractivity contribution in [2.24, 2.45) is 4.99 Å². The van der Waals surface area contributed by atoms with Gasteiger partial charge in [0.2, 0.25) is 0 Å². The molecule has 0 saturated carbocycles. The van der Waals surface area contributed by atoms with Crippen LogP contribution in [-0.2, 0) is 13.3 Å². The van der Waals surface area contributed by atoms with E-state index in [0.29, 0.717) is 18.8 Å². The Balaban J connectivity index is 2.19. The summed E-state index contributed by atoms with van der Waals surface area (Å²) >= 11 is 3.44. The standard InChI is InChI=1S/C19H33IN4O4SSi/c1-19(2,3)30(7,8)26-11-15-14(28-29-6)9-16(27-15)24-10-13(20)17(22-18(24)25)21-12-23(4)5/h10,12,14-16H,9,11H2,1-8H3/b21-12+/t14?,15-,16-/m1/s1. The summed E-state index contributed by atoms with van der Waals surface area (Å²) in [5.74, 6) is 0.401. The molecule has 0 N–H and O–H groups in total. The smallest absolute Gasteiger partial charge is 0.351 e. The van der Waals surface area contributed by atoms with Crippen molar-refractivity contribution in [3.05, 3.63) is 20.3 Å². The lowest BCUT2D eigenvalue weighted by Crippen LogP contribution is -2.44. The van der Waals surface area contributed by atoms with Crippen molar-refractivity contribution in [2.45, 2.75) is 63.8 Å². The van der Waals surface area contributed by atoms with Gasteiger partial charge in [-0.05, 0) is 52.8 Å². The van der Waals surface area contributed by atoms with E-state index in [-0.39, 0.29) is 22.9 Å². The molecule has 0 spiro atoms. The summed E-state index contributed by atoms with van der Waals surface area (Å²) in [6.07, 6.45) is 4.96. The minimum Gasteiger partial charge on any atom is -0.414 e. The van der Waals surface area contributed by atoms with Crippen molar-refractivity contribution in [1.82, 2.24) is 14.5 Å². The van der Waals surface area contributed by atoms with Gasteiger partial charge in [-0.25, -0.2) is 9.79 Å². The summed E-state index contributed by atoms with van der Waals surface area (Å²) < 4.78 is 20.7. The van der Waals surface area contributed by atoms with Gasteiger partial charge in [0.15, 0.2) is 14.1 Å². The third kappa shape index (κ3) is 6.51. The highest BCUT2D eigenvalue weighted by atomic mass is 127. The Hall–Kier alpha value is -0.473. The fraction of sp³-hybridized carbons (Fsp3) is 0.737. The van der Waals surface area contributed by atoms with Gasteiger partial charge in [-0.15, -0.1) is 0 Å². The molecule has 8 nitrogen and oxygen atoms in total. The molecular weight excluding hydrogens is 535 g/mol. The highest BCUT2D eigenvalue weighted by Gasteiger charge is 2.42. The molecule has 1 aliphatic heterocycles. The van der Waals surface area contributed by atoms with E-state index >= 15 is 0 Å². The third-order valence-electron chi connectivity index (χ3n) is 5.42. The van der Waals surface area contributed by atoms with Gasteiger partial charge in [0.1, 0.15) is 18.4 Å². The summed E-state index contributed by atoms with van der Waals surface area (Å²) in [5.41, 5.74) is -0.389. The zero-order valence-corrected chi connectivity index (χ0v) is 23.0. The largest absolute Gasteiger partial charge is 0.414 e. The van der Waals surface area contributed by atoms with Crippen LogP contribution in [0.4, 0.5) is 5.82 Å². The number of nitrogens with zero attached hydrogens (tertiary/aromatic N) is 4. The number of aromatic nitrogens is 2. The Morgan fingerprint density at radius 2 is 2.13 bits per heavy atom. The van der Waals surface area contributed by atoms with E-state index in [1.54, 1.807) is 17.4 Å². The molecule has 0 bridgehead atoms. The van der Waals surface area contributed by atoms with Gasteiger partial charge in [-0.2, -0.15) is 4.98 Å². The first-order valence-corrected chi connectivity index (χ1v) is 15.0. The van der Waals surface area contributed by atoms with Gasteiger partial charge < -0.3 is 18.2 Å². The fourth-order valence-corrected chi connectivity index (χ4v) is 4.68. The fourth-order valence-electron chi connectivity index (χ4n) is 2.66. The lowest BCUT2D eigenvalue weighted by molar-refractivity contribution is -0.0373. The summed E-state index contributed by atoms with van der Waals surface area (Å²) in [4.78, 5) is 22.8. The zero-order valence-electron chi connectivity index (χ0n) is 19.0. The van der Waals surface area contributed by atoms with Gasteiger partial charge in [0, 0.05) is 33.0 Å². The number of rotatable bonds is 8. The lowest BCUT2D eigenvalue weighted by Gasteiger charge is -2.37. The first kappa shape index (κ1) is 25.8. The number of hydrogen-bond acceptors (Lipinski definition) is 7. The molecule has 1 aromatic rings. The SMILES string of the molecule is CSOC1C[C@H](n2cc(I)c(/N=C/N(C)C)nc2=O)O[C@@H]1CO[Si](C)(C)C(C)(C)C. The average molecular weight is 569 g/mol. The van der Waals surface area contributed by atoms with Crippen LogP contribution in [0.5, 0.6) is 0 Å². The van der Waals surface area contributed by atoms with Gasteiger partial charge >= 0.3 is 5.69 Å². The second-order valence-electron chi connectivity index (χ2n) is 9.05. The van der Waals surface area contributed by atoms with Gasteiger partial charge in [-0.3, -0.25) is 4.57 Å². The van der Waals surface area contributed by atoms with Crippen LogP contribution in [0.1, 0.15) is 33.4 Å². The number of aliphatic imine (C=N–C) groups is 1. The number of ether oxygens (including phenoxy) is 1. The molecule has 0 radical (unpaired) electrons. The van der Waals surface area contributed by atoms with Gasteiger partial charge in [0.05, 0.1) is 16.5 Å². The van der Waals surface area contributed by atoms with Crippen LogP contribution in [0.3, 0.4) is 0 Å². The van der Waals surface area contributed by atoms with E-state index in [0.717, 1.165) is 3.57 Å². The van der Waals surface area contributed by atoms with Crippen LogP contribution in [0, 0.1) is 3.57 Å². The minimum atomic E-state index is -1.92. The van der Waals surface area contributed by atoms with E-state index < -0.39 is 14.5 Å². The molecule has 0 amide bonds. The molecule has 11 heteroatoms. The quantitative estimate of drug-likeness (QED) is 0.154. The maximum atomic E-state index is 12.7. The summed E-state index contributed by atoms with van der Waals surface area (Å²) in [7, 11) is 1.81. The predicted octanol–water partition coefficient (Wildman–Crippen LogP) is 4.04. The Bertz CT molecular complexity index is 813. The maximum Gasteiger partial charge on any atom is 0.351 e. The van der Waals surface area contributed by atoms with E-state index in [9.17, 15) is 4.79 Å². The second-order valence-corrected chi connectivity index (χ2v) is 15.5. The highest BCUT2D eigenvalue weighted by molar-refractivity contribution is 14.1. The Labute approximate surface area is 198 Å². The number of hydrogen-bond donors (Lipinski definition) is 0. The van der Waals surface area contributed by atoms with Crippen molar-refractivity contribution in [2.75, 3.05) is 27.0 Å². The van der Waals surface area contributed by atoms with Gasteiger partial charge in [-0.1, -0.05) is 20.8 Å². The third-order valence-corrected chi connectivity index (χ3v) is 11.1. The molecule has 0 aliphatic carbocycles. The second kappa shape index (κ2) is 10.4. The van der Waals surface area contributed by atoms with Gasteiger partial charge in [0.25, 0.3) is 0 Å². The van der Waals surface area contributed by atoms with Crippen molar-refractivity contribution in [3.63, 3.8) is 0 Å². The molecule has 1 saturated heterocycles. The lowest BCUT2D eigenvalue weighted by atomic mass is 10.2. The molecule has 1 aromatic heterocycles. The average Bonchev–Trinajstić information content (AvgIpc) is 3.02. The Morgan fingerprint density at radius 3 is 2.70 bits per heavy atom. The maximum absolute atomic E-state index is 12.7. The Morgan fingerprint density at radius 1 is 1.47 bits per heavy atom. The first-order chi connectivity index (χ1) is 13.9. The summed E-state index contributed by atoms with van der Waals surface area (Å²) in [5, 5.41) is 0.112. The molecule has 30 heavy (non-hydrogen) atoms. The van der Waals surface area contributed by atoms with E-state index in [4.69, 9.17) is 13.3 Å². The normalized spacial score (nSPS) is 22.8. The minimum absolute atomic E-state index is 0.112. The Kier molecular flexibility index (Phi) is 8.96. The summed E-state index contributed by atoms with van der Waals surface area (Å²) in [6, 6.07) is 0. The van der Waals surface area contributed by atoms with Crippen molar-refractivity contribution in [1.29, 1.82) is 0 Å². The molecule has 0 aromatic carbocycles. The molecule has 1 unspecified atom stereocenters. The van der Waals surface area contributed by atoms with Crippen LogP contribution in [0.2, 0.25) is 18.1 Å². The highest BCUT2D eigenvalue weighted by Crippen LogP contribution is 2.38. The van der Waals surface area contributed by atoms with Crippen molar-refractivity contribution >= 4 is 55.1 Å². The van der Waals surface area contributed by atoms with E-state index in [1.165, 1.54) is 16.6 Å². The zero-order chi connectivity index (χ0) is 22.7.